The topological polar surface area (TPSA) is 65.7 Å². The molecule has 0 bridgehead atoms. The standard InChI is InChI=1S/C18H30N2O3/c1-14(2)12-19-18(22)13-20-9-5-3-4-7-15(20)11-16(21)17-8-6-10-23-17/h6,8,10,14-16,21H,3-5,7,9,11-13H2,1-2H3,(H,19,22). The molecule has 0 aliphatic carbocycles. The average molecular weight is 322 g/mol. The zero-order chi connectivity index (χ0) is 16.7. The van der Waals surface area contributed by atoms with Gasteiger partial charge < -0.3 is 14.8 Å². The van der Waals surface area contributed by atoms with E-state index >= 15 is 0 Å². The molecular weight excluding hydrogens is 292 g/mol. The maximum Gasteiger partial charge on any atom is 0.234 e. The number of nitrogens with zero attached hydrogens (tertiary/aromatic N) is 1. The number of hydrogen-bond donors (Lipinski definition) is 2. The van der Waals surface area contributed by atoms with Gasteiger partial charge in [-0.15, -0.1) is 0 Å². The number of carbonyl (C=O) groups is 1. The molecule has 0 spiro atoms. The molecule has 130 valence electrons. The highest BCUT2D eigenvalue weighted by molar-refractivity contribution is 5.78. The van der Waals surface area contributed by atoms with Gasteiger partial charge in [-0.3, -0.25) is 9.69 Å². The van der Waals surface area contributed by atoms with E-state index in [-0.39, 0.29) is 11.9 Å². The van der Waals surface area contributed by atoms with Crippen LogP contribution in [0.15, 0.2) is 22.8 Å². The van der Waals surface area contributed by atoms with Gasteiger partial charge in [0.25, 0.3) is 0 Å². The molecule has 2 unspecified atom stereocenters. The Hall–Kier alpha value is -1.33. The lowest BCUT2D eigenvalue weighted by molar-refractivity contribution is -0.123. The Morgan fingerprint density at radius 1 is 1.43 bits per heavy atom. The van der Waals surface area contributed by atoms with Crippen molar-refractivity contribution in [2.75, 3.05) is 19.6 Å². The minimum absolute atomic E-state index is 0.0816. The highest BCUT2D eigenvalue weighted by atomic mass is 16.4. The van der Waals surface area contributed by atoms with E-state index in [1.54, 1.807) is 18.4 Å². The summed E-state index contributed by atoms with van der Waals surface area (Å²) >= 11 is 0. The summed E-state index contributed by atoms with van der Waals surface area (Å²) in [5.74, 6) is 1.15. The molecule has 1 aromatic rings. The van der Waals surface area contributed by atoms with Crippen LogP contribution in [-0.4, -0.2) is 41.6 Å². The molecule has 1 amide bonds. The molecular formula is C18H30N2O3. The van der Waals surface area contributed by atoms with E-state index in [2.05, 4.69) is 24.1 Å². The molecule has 0 radical (unpaired) electrons. The largest absolute Gasteiger partial charge is 0.467 e. The van der Waals surface area contributed by atoms with Crippen LogP contribution in [-0.2, 0) is 4.79 Å². The molecule has 1 fully saturated rings. The second-order valence-corrected chi connectivity index (χ2v) is 6.94. The number of nitrogens with one attached hydrogen (secondary N) is 1. The molecule has 1 saturated heterocycles. The van der Waals surface area contributed by atoms with E-state index in [4.69, 9.17) is 4.42 Å². The van der Waals surface area contributed by atoms with Crippen LogP contribution in [0.4, 0.5) is 0 Å². The third-order valence-corrected chi connectivity index (χ3v) is 4.42. The van der Waals surface area contributed by atoms with Crippen LogP contribution in [0.5, 0.6) is 0 Å². The summed E-state index contributed by atoms with van der Waals surface area (Å²) in [6, 6.07) is 3.83. The summed E-state index contributed by atoms with van der Waals surface area (Å²) in [6.45, 7) is 6.24. The van der Waals surface area contributed by atoms with E-state index in [0.29, 0.717) is 31.2 Å². The third-order valence-electron chi connectivity index (χ3n) is 4.42. The molecule has 2 rings (SSSR count). The Bertz CT molecular complexity index is 459. The summed E-state index contributed by atoms with van der Waals surface area (Å²) in [5, 5.41) is 13.4. The van der Waals surface area contributed by atoms with Crippen LogP contribution < -0.4 is 5.32 Å². The van der Waals surface area contributed by atoms with Crippen molar-refractivity contribution < 1.29 is 14.3 Å². The van der Waals surface area contributed by atoms with Gasteiger partial charge in [0.15, 0.2) is 0 Å². The number of amides is 1. The fraction of sp³-hybridized carbons (Fsp3) is 0.722. The summed E-state index contributed by atoms with van der Waals surface area (Å²) < 4.78 is 5.30. The molecule has 0 aromatic carbocycles. The summed E-state index contributed by atoms with van der Waals surface area (Å²) in [6.07, 6.45) is 6.08. The van der Waals surface area contributed by atoms with Crippen molar-refractivity contribution in [2.24, 2.45) is 5.92 Å². The van der Waals surface area contributed by atoms with Crippen molar-refractivity contribution >= 4 is 5.91 Å². The molecule has 5 nitrogen and oxygen atoms in total. The van der Waals surface area contributed by atoms with E-state index < -0.39 is 6.10 Å². The highest BCUT2D eigenvalue weighted by Crippen LogP contribution is 2.26. The zero-order valence-corrected chi connectivity index (χ0v) is 14.3. The minimum atomic E-state index is -0.602. The molecule has 1 aliphatic rings. The quantitative estimate of drug-likeness (QED) is 0.810. The van der Waals surface area contributed by atoms with Gasteiger partial charge in [0, 0.05) is 12.6 Å². The molecule has 2 N–H and O–H groups in total. The van der Waals surface area contributed by atoms with Crippen LogP contribution in [0.25, 0.3) is 0 Å². The molecule has 1 aromatic heterocycles. The van der Waals surface area contributed by atoms with E-state index in [0.717, 1.165) is 25.8 Å². The Balaban J connectivity index is 1.92. The fourth-order valence-electron chi connectivity index (χ4n) is 3.12. The van der Waals surface area contributed by atoms with E-state index in [1.807, 2.05) is 0 Å². The van der Waals surface area contributed by atoms with Gasteiger partial charge in [-0.1, -0.05) is 26.7 Å². The van der Waals surface area contributed by atoms with Gasteiger partial charge in [0.1, 0.15) is 11.9 Å². The van der Waals surface area contributed by atoms with Crippen molar-refractivity contribution in [1.82, 2.24) is 10.2 Å². The first kappa shape index (κ1) is 18.0. The minimum Gasteiger partial charge on any atom is -0.467 e. The average Bonchev–Trinajstić information content (AvgIpc) is 2.97. The van der Waals surface area contributed by atoms with Crippen LogP contribution in [0.1, 0.15) is 57.8 Å². The molecule has 2 heterocycles. The number of aliphatic hydroxyl groups is 1. The van der Waals surface area contributed by atoms with Crippen LogP contribution in [0.2, 0.25) is 0 Å². The Labute approximate surface area is 139 Å². The smallest absolute Gasteiger partial charge is 0.234 e. The van der Waals surface area contributed by atoms with Crippen LogP contribution >= 0.6 is 0 Å². The molecule has 0 saturated carbocycles. The summed E-state index contributed by atoms with van der Waals surface area (Å²) in [5.41, 5.74) is 0. The first-order valence-corrected chi connectivity index (χ1v) is 8.78. The van der Waals surface area contributed by atoms with Crippen molar-refractivity contribution in [1.29, 1.82) is 0 Å². The van der Waals surface area contributed by atoms with Crippen molar-refractivity contribution in [3.63, 3.8) is 0 Å². The third kappa shape index (κ3) is 5.99. The van der Waals surface area contributed by atoms with E-state index in [9.17, 15) is 9.90 Å². The predicted octanol–water partition coefficient (Wildman–Crippen LogP) is 2.72. The number of likely N-dealkylation sites (tertiary alicyclic amines) is 1. The zero-order valence-electron chi connectivity index (χ0n) is 14.3. The monoisotopic (exact) mass is 322 g/mol. The van der Waals surface area contributed by atoms with Gasteiger partial charge >= 0.3 is 0 Å². The molecule has 1 aliphatic heterocycles. The van der Waals surface area contributed by atoms with Crippen LogP contribution in [0, 0.1) is 5.92 Å². The Kier molecular flexibility index (Phi) is 7.12. The van der Waals surface area contributed by atoms with Gasteiger partial charge in [-0.05, 0) is 43.9 Å². The molecule has 23 heavy (non-hydrogen) atoms. The second-order valence-electron chi connectivity index (χ2n) is 6.94. The molecule has 2 atom stereocenters. The highest BCUT2D eigenvalue weighted by Gasteiger charge is 2.26. The number of furan rings is 1. The molecule has 5 heteroatoms. The van der Waals surface area contributed by atoms with Gasteiger partial charge in [-0.25, -0.2) is 0 Å². The lowest BCUT2D eigenvalue weighted by atomic mass is 10.0. The van der Waals surface area contributed by atoms with Crippen molar-refractivity contribution in [3.8, 4) is 0 Å². The van der Waals surface area contributed by atoms with Crippen LogP contribution in [0.3, 0.4) is 0 Å². The van der Waals surface area contributed by atoms with Gasteiger partial charge in [0.2, 0.25) is 5.91 Å². The predicted molar refractivity (Wildman–Crippen MR) is 90.0 cm³/mol. The van der Waals surface area contributed by atoms with Crippen molar-refractivity contribution in [3.05, 3.63) is 24.2 Å². The summed E-state index contributed by atoms with van der Waals surface area (Å²) in [4.78, 5) is 14.4. The Morgan fingerprint density at radius 2 is 2.26 bits per heavy atom. The number of carbonyl (C=O) groups excluding carboxylic acids is 1. The summed E-state index contributed by atoms with van der Waals surface area (Å²) in [7, 11) is 0. The lowest BCUT2D eigenvalue weighted by Gasteiger charge is -2.30. The SMILES string of the molecule is CC(C)CNC(=O)CN1CCCCCC1CC(O)c1ccco1. The Morgan fingerprint density at radius 3 is 2.96 bits per heavy atom. The number of aliphatic hydroxyl groups excluding tert-OH is 1. The lowest BCUT2D eigenvalue weighted by Crippen LogP contribution is -2.44. The first-order chi connectivity index (χ1) is 11.1. The maximum atomic E-state index is 12.2. The normalized spacial score (nSPS) is 21.1. The van der Waals surface area contributed by atoms with Crippen molar-refractivity contribution in [2.45, 2.75) is 58.1 Å². The number of rotatable bonds is 7. The number of hydrogen-bond acceptors (Lipinski definition) is 4. The first-order valence-electron chi connectivity index (χ1n) is 8.78. The maximum absolute atomic E-state index is 12.2. The van der Waals surface area contributed by atoms with Gasteiger partial charge in [-0.2, -0.15) is 0 Å². The fourth-order valence-corrected chi connectivity index (χ4v) is 3.12. The van der Waals surface area contributed by atoms with Gasteiger partial charge in [0.05, 0.1) is 12.8 Å². The van der Waals surface area contributed by atoms with E-state index in [1.165, 1.54) is 6.42 Å². The second kappa shape index (κ2) is 9.08.